The highest BCUT2D eigenvalue weighted by atomic mass is 32.1. The van der Waals surface area contributed by atoms with Crippen molar-refractivity contribution in [3.8, 4) is 0 Å². The minimum absolute atomic E-state index is 0.0825. The summed E-state index contributed by atoms with van der Waals surface area (Å²) in [5, 5.41) is 7.26. The molecule has 0 saturated carbocycles. The first-order valence-corrected chi connectivity index (χ1v) is 10.8. The van der Waals surface area contributed by atoms with Gasteiger partial charge in [0.15, 0.2) is 5.11 Å². The molecule has 1 atom stereocenters. The van der Waals surface area contributed by atoms with Crippen LogP contribution in [0, 0.1) is 20.8 Å². The number of ether oxygens (including phenoxy) is 1. The number of esters is 1. The number of nitrogens with one attached hydrogen (secondary N) is 2. The van der Waals surface area contributed by atoms with Gasteiger partial charge in [0.1, 0.15) is 0 Å². The molecule has 160 valence electrons. The molecule has 0 saturated heterocycles. The number of aryl methyl sites for hydroxylation is 3. The van der Waals surface area contributed by atoms with Gasteiger partial charge in [-0.3, -0.25) is 0 Å². The van der Waals surface area contributed by atoms with Crippen LogP contribution in [0.3, 0.4) is 0 Å². The second kappa shape index (κ2) is 10.2. The molecule has 0 aliphatic rings. The zero-order valence-electron chi connectivity index (χ0n) is 18.4. The Balaban J connectivity index is 1.82. The van der Waals surface area contributed by atoms with Crippen LogP contribution >= 0.6 is 12.2 Å². The lowest BCUT2D eigenvalue weighted by Gasteiger charge is -2.24. The summed E-state index contributed by atoms with van der Waals surface area (Å²) in [5.41, 5.74) is 7.03. The third-order valence-electron chi connectivity index (χ3n) is 5.13. The van der Waals surface area contributed by atoms with E-state index in [0.29, 0.717) is 17.3 Å². The monoisotopic (exact) mass is 432 g/mol. The van der Waals surface area contributed by atoms with E-state index in [1.54, 1.807) is 13.0 Å². The average molecular weight is 433 g/mol. The molecule has 4 nitrogen and oxygen atoms in total. The summed E-state index contributed by atoms with van der Waals surface area (Å²) in [4.78, 5) is 12.0. The molecule has 0 bridgehead atoms. The van der Waals surface area contributed by atoms with Crippen molar-refractivity contribution in [1.82, 2.24) is 5.32 Å². The SMILES string of the molecule is CCOC(=O)c1ccc(NC(=S)N[C@@H](c2ccccc2)c2ccc(C)cc2C)c(C)c1. The van der Waals surface area contributed by atoms with Gasteiger partial charge >= 0.3 is 5.97 Å². The molecule has 0 unspecified atom stereocenters. The zero-order valence-corrected chi connectivity index (χ0v) is 19.2. The highest BCUT2D eigenvalue weighted by Gasteiger charge is 2.18. The van der Waals surface area contributed by atoms with Crippen LogP contribution in [0.5, 0.6) is 0 Å². The molecule has 3 rings (SSSR count). The minimum Gasteiger partial charge on any atom is -0.462 e. The van der Waals surface area contributed by atoms with Gasteiger partial charge in [-0.05, 0) is 80.4 Å². The van der Waals surface area contributed by atoms with Gasteiger partial charge in [-0.15, -0.1) is 0 Å². The van der Waals surface area contributed by atoms with Crippen LogP contribution < -0.4 is 10.6 Å². The number of rotatable bonds is 6. The van der Waals surface area contributed by atoms with Gasteiger partial charge in [0.25, 0.3) is 0 Å². The normalized spacial score (nSPS) is 11.5. The predicted molar refractivity (Wildman–Crippen MR) is 131 cm³/mol. The van der Waals surface area contributed by atoms with Crippen molar-refractivity contribution in [2.24, 2.45) is 0 Å². The number of anilines is 1. The van der Waals surface area contributed by atoms with Crippen molar-refractivity contribution in [2.75, 3.05) is 11.9 Å². The van der Waals surface area contributed by atoms with Gasteiger partial charge in [-0.25, -0.2) is 4.79 Å². The number of hydrogen-bond donors (Lipinski definition) is 2. The molecule has 0 spiro atoms. The number of benzene rings is 3. The van der Waals surface area contributed by atoms with E-state index >= 15 is 0 Å². The molecule has 2 N–H and O–H groups in total. The maximum atomic E-state index is 12.0. The third kappa shape index (κ3) is 5.70. The average Bonchev–Trinajstić information content (AvgIpc) is 2.75. The van der Waals surface area contributed by atoms with Crippen LogP contribution in [-0.2, 0) is 4.74 Å². The van der Waals surface area contributed by atoms with Gasteiger partial charge in [0.05, 0.1) is 18.2 Å². The van der Waals surface area contributed by atoms with Gasteiger partial charge in [-0.1, -0.05) is 54.1 Å². The fraction of sp³-hybridized carbons (Fsp3) is 0.231. The number of hydrogen-bond acceptors (Lipinski definition) is 3. The minimum atomic E-state index is -0.322. The molecule has 0 aliphatic carbocycles. The van der Waals surface area contributed by atoms with Crippen molar-refractivity contribution in [3.05, 3.63) is 100 Å². The van der Waals surface area contributed by atoms with E-state index in [-0.39, 0.29) is 12.0 Å². The Bertz CT molecular complexity index is 1080. The molecule has 0 heterocycles. The lowest BCUT2D eigenvalue weighted by molar-refractivity contribution is 0.0526. The van der Waals surface area contributed by atoms with Crippen molar-refractivity contribution in [1.29, 1.82) is 0 Å². The summed E-state index contributed by atoms with van der Waals surface area (Å²) in [5.74, 6) is -0.322. The molecule has 31 heavy (non-hydrogen) atoms. The van der Waals surface area contributed by atoms with E-state index in [1.807, 2.05) is 37.3 Å². The van der Waals surface area contributed by atoms with Gasteiger partial charge in [0, 0.05) is 5.69 Å². The maximum Gasteiger partial charge on any atom is 0.338 e. The van der Waals surface area contributed by atoms with Crippen molar-refractivity contribution in [3.63, 3.8) is 0 Å². The molecule has 0 amide bonds. The van der Waals surface area contributed by atoms with Crippen LogP contribution in [-0.4, -0.2) is 17.7 Å². The van der Waals surface area contributed by atoms with E-state index < -0.39 is 0 Å². The van der Waals surface area contributed by atoms with Crippen LogP contribution in [0.1, 0.15) is 51.1 Å². The second-order valence-corrected chi connectivity index (χ2v) is 7.96. The van der Waals surface area contributed by atoms with Gasteiger partial charge < -0.3 is 15.4 Å². The maximum absolute atomic E-state index is 12.0. The predicted octanol–water partition coefficient (Wildman–Crippen LogP) is 5.86. The third-order valence-corrected chi connectivity index (χ3v) is 5.35. The summed E-state index contributed by atoms with van der Waals surface area (Å²) in [6.45, 7) is 8.30. The van der Waals surface area contributed by atoms with E-state index in [9.17, 15) is 4.79 Å². The Morgan fingerprint density at radius 3 is 2.35 bits per heavy atom. The summed E-state index contributed by atoms with van der Waals surface area (Å²) in [6, 6.07) is 22.0. The largest absolute Gasteiger partial charge is 0.462 e. The Morgan fingerprint density at radius 2 is 1.71 bits per heavy atom. The zero-order chi connectivity index (χ0) is 22.4. The smallest absolute Gasteiger partial charge is 0.338 e. The first-order chi connectivity index (χ1) is 14.9. The van der Waals surface area contributed by atoms with Crippen LogP contribution in [0.25, 0.3) is 0 Å². The fourth-order valence-electron chi connectivity index (χ4n) is 3.57. The number of thiocarbonyl (C=S) groups is 1. The molecule has 0 aromatic heterocycles. The Kier molecular flexibility index (Phi) is 7.42. The number of carbonyl (C=O) groups excluding carboxylic acids is 1. The van der Waals surface area contributed by atoms with Crippen LogP contribution in [0.4, 0.5) is 5.69 Å². The highest BCUT2D eigenvalue weighted by Crippen LogP contribution is 2.26. The quantitative estimate of drug-likeness (QED) is 0.377. The van der Waals surface area contributed by atoms with Crippen molar-refractivity contribution in [2.45, 2.75) is 33.7 Å². The summed E-state index contributed by atoms with van der Waals surface area (Å²) < 4.78 is 5.08. The Labute approximate surface area is 189 Å². The van der Waals surface area contributed by atoms with Crippen LogP contribution in [0.15, 0.2) is 66.7 Å². The fourth-order valence-corrected chi connectivity index (χ4v) is 3.80. The Hall–Kier alpha value is -3.18. The molecule has 0 fully saturated rings. The summed E-state index contributed by atoms with van der Waals surface area (Å²) in [6.07, 6.45) is 0. The molecule has 3 aromatic carbocycles. The van der Waals surface area contributed by atoms with E-state index in [4.69, 9.17) is 17.0 Å². The first-order valence-electron chi connectivity index (χ1n) is 10.4. The van der Waals surface area contributed by atoms with Crippen molar-refractivity contribution >= 4 is 29.0 Å². The van der Waals surface area contributed by atoms with E-state index in [0.717, 1.165) is 16.8 Å². The number of carbonyl (C=O) groups is 1. The summed E-state index contributed by atoms with van der Waals surface area (Å²) >= 11 is 5.65. The van der Waals surface area contributed by atoms with E-state index in [2.05, 4.69) is 54.8 Å². The molecule has 3 aromatic rings. The Morgan fingerprint density at radius 1 is 0.968 bits per heavy atom. The van der Waals surface area contributed by atoms with Gasteiger partial charge in [0.2, 0.25) is 0 Å². The molecule has 5 heteroatoms. The molecule has 0 radical (unpaired) electrons. The standard InChI is InChI=1S/C26H28N2O2S/c1-5-30-25(29)21-12-14-23(19(4)16-21)27-26(31)28-24(20-9-7-6-8-10-20)22-13-11-17(2)15-18(22)3/h6-16,24H,5H2,1-4H3,(H2,27,28,31)/t24-/m0/s1. The van der Waals surface area contributed by atoms with E-state index in [1.165, 1.54) is 16.7 Å². The first kappa shape index (κ1) is 22.5. The molecular formula is C26H28N2O2S. The van der Waals surface area contributed by atoms with Crippen LogP contribution in [0.2, 0.25) is 0 Å². The van der Waals surface area contributed by atoms with Gasteiger partial charge in [-0.2, -0.15) is 0 Å². The molecular weight excluding hydrogens is 404 g/mol. The van der Waals surface area contributed by atoms with Crippen molar-refractivity contribution < 1.29 is 9.53 Å². The second-order valence-electron chi connectivity index (χ2n) is 7.55. The summed E-state index contributed by atoms with van der Waals surface area (Å²) in [7, 11) is 0. The highest BCUT2D eigenvalue weighted by molar-refractivity contribution is 7.80. The lowest BCUT2D eigenvalue weighted by atomic mass is 9.94. The lowest BCUT2D eigenvalue weighted by Crippen LogP contribution is -2.33. The molecule has 0 aliphatic heterocycles. The topological polar surface area (TPSA) is 50.4 Å².